The average molecular weight is 392 g/mol. The van der Waals surface area contributed by atoms with Gasteiger partial charge in [0.1, 0.15) is 17.3 Å². The van der Waals surface area contributed by atoms with E-state index in [2.05, 4.69) is 5.43 Å². The number of hydrogen-bond donors (Lipinski definition) is 1. The van der Waals surface area contributed by atoms with Crippen molar-refractivity contribution in [3.63, 3.8) is 0 Å². The molecule has 0 saturated carbocycles. The van der Waals surface area contributed by atoms with E-state index < -0.39 is 41.5 Å². The predicted octanol–water partition coefficient (Wildman–Crippen LogP) is 3.72. The van der Waals surface area contributed by atoms with Crippen molar-refractivity contribution >= 4 is 18.2 Å². The quantitative estimate of drug-likeness (QED) is 0.468. The first-order valence-corrected chi connectivity index (χ1v) is 9.13. The zero-order valence-corrected chi connectivity index (χ0v) is 17.1. The van der Waals surface area contributed by atoms with Crippen LogP contribution in [0.2, 0.25) is 0 Å². The van der Waals surface area contributed by atoms with Crippen molar-refractivity contribution in [2.24, 2.45) is 0 Å². The smallest absolute Gasteiger partial charge is 0.430 e. The molecule has 1 aromatic rings. The molecule has 0 aromatic heterocycles. The topological polar surface area (TPSA) is 94.2 Å². The van der Waals surface area contributed by atoms with Crippen LogP contribution < -0.4 is 5.43 Å². The first-order chi connectivity index (χ1) is 12.9. The van der Waals surface area contributed by atoms with E-state index in [0.29, 0.717) is 0 Å². The molecular weight excluding hydrogens is 364 g/mol. The standard InChI is InChI=1S/C20H28N2O6/c1-19(2,3)27-17(24)21-22(18(25)28-20(4,5)6)14-12-15(26-16(14)23)13-10-8-7-9-11-13/h7-11,14-15H,12H2,1-6H3,(H,21,24)/t14-,15-/m1/s1. The highest BCUT2D eigenvalue weighted by Crippen LogP contribution is 2.32. The molecule has 1 fully saturated rings. The van der Waals surface area contributed by atoms with Crippen LogP contribution in [0.3, 0.4) is 0 Å². The van der Waals surface area contributed by atoms with Gasteiger partial charge in [-0.1, -0.05) is 30.3 Å². The van der Waals surface area contributed by atoms with Gasteiger partial charge < -0.3 is 14.2 Å². The molecule has 1 N–H and O–H groups in total. The Balaban J connectivity index is 2.21. The highest BCUT2D eigenvalue weighted by molar-refractivity contribution is 5.84. The molecule has 1 aliphatic heterocycles. The number of cyclic esters (lactones) is 1. The molecule has 154 valence electrons. The van der Waals surface area contributed by atoms with Gasteiger partial charge in [-0.05, 0) is 47.1 Å². The molecule has 0 spiro atoms. The Morgan fingerprint density at radius 1 is 1.04 bits per heavy atom. The normalized spacial score (nSPS) is 19.6. The molecule has 2 amide bonds. The van der Waals surface area contributed by atoms with E-state index in [1.807, 2.05) is 30.3 Å². The second-order valence-corrected chi connectivity index (χ2v) is 8.55. The van der Waals surface area contributed by atoms with Gasteiger partial charge in [0.25, 0.3) is 0 Å². The maximum Gasteiger partial charge on any atom is 0.430 e. The number of amides is 2. The maximum atomic E-state index is 12.7. The van der Waals surface area contributed by atoms with Gasteiger partial charge >= 0.3 is 18.2 Å². The molecule has 1 saturated heterocycles. The number of hydrazine groups is 1. The summed E-state index contributed by atoms with van der Waals surface area (Å²) in [6.07, 6.45) is -2.08. The Morgan fingerprint density at radius 3 is 2.14 bits per heavy atom. The van der Waals surface area contributed by atoms with Gasteiger partial charge in [0.15, 0.2) is 6.04 Å². The summed E-state index contributed by atoms with van der Waals surface area (Å²) in [5, 5.41) is 0.852. The number of hydrogen-bond acceptors (Lipinski definition) is 6. The number of ether oxygens (including phenoxy) is 3. The lowest BCUT2D eigenvalue weighted by atomic mass is 10.0. The van der Waals surface area contributed by atoms with Gasteiger partial charge in [0.2, 0.25) is 0 Å². The highest BCUT2D eigenvalue weighted by Gasteiger charge is 2.44. The Bertz CT molecular complexity index is 720. The fraction of sp³-hybridized carbons (Fsp3) is 0.550. The zero-order valence-electron chi connectivity index (χ0n) is 17.1. The predicted molar refractivity (Wildman–Crippen MR) is 101 cm³/mol. The number of nitrogens with one attached hydrogen (secondary N) is 1. The van der Waals surface area contributed by atoms with Crippen LogP contribution in [0, 0.1) is 0 Å². The lowest BCUT2D eigenvalue weighted by Crippen LogP contribution is -2.55. The fourth-order valence-electron chi connectivity index (χ4n) is 2.61. The summed E-state index contributed by atoms with van der Waals surface area (Å²) >= 11 is 0. The fourth-order valence-corrected chi connectivity index (χ4v) is 2.61. The third kappa shape index (κ3) is 6.14. The second kappa shape index (κ2) is 8.08. The van der Waals surface area contributed by atoms with Crippen molar-refractivity contribution in [1.82, 2.24) is 10.4 Å². The summed E-state index contributed by atoms with van der Waals surface area (Å²) in [7, 11) is 0. The van der Waals surface area contributed by atoms with Crippen molar-refractivity contribution in [3.05, 3.63) is 35.9 Å². The van der Waals surface area contributed by atoms with Gasteiger partial charge in [-0.2, -0.15) is 0 Å². The summed E-state index contributed by atoms with van der Waals surface area (Å²) in [6.45, 7) is 10.2. The molecule has 0 bridgehead atoms. The number of carbonyl (C=O) groups is 3. The minimum atomic E-state index is -1.03. The molecule has 2 atom stereocenters. The monoisotopic (exact) mass is 392 g/mol. The molecule has 8 heteroatoms. The second-order valence-electron chi connectivity index (χ2n) is 8.55. The average Bonchev–Trinajstić information content (AvgIpc) is 2.92. The molecule has 0 unspecified atom stereocenters. The number of benzene rings is 1. The maximum absolute atomic E-state index is 12.7. The van der Waals surface area contributed by atoms with Crippen LogP contribution in [0.15, 0.2) is 30.3 Å². The highest BCUT2D eigenvalue weighted by atomic mass is 16.6. The summed E-state index contributed by atoms with van der Waals surface area (Å²) in [6, 6.07) is 8.16. The lowest BCUT2D eigenvalue weighted by molar-refractivity contribution is -0.146. The number of rotatable bonds is 2. The molecule has 1 heterocycles. The third-order valence-electron chi connectivity index (χ3n) is 3.65. The Kier molecular flexibility index (Phi) is 6.21. The Hall–Kier alpha value is -2.77. The van der Waals surface area contributed by atoms with Crippen molar-refractivity contribution in [2.45, 2.75) is 71.3 Å². The first kappa shape index (κ1) is 21.5. The third-order valence-corrected chi connectivity index (χ3v) is 3.65. The van der Waals surface area contributed by atoms with Crippen molar-refractivity contribution < 1.29 is 28.6 Å². The molecule has 8 nitrogen and oxygen atoms in total. The van der Waals surface area contributed by atoms with Crippen LogP contribution in [-0.4, -0.2) is 40.4 Å². The number of esters is 1. The van der Waals surface area contributed by atoms with E-state index in [9.17, 15) is 14.4 Å². The van der Waals surface area contributed by atoms with Crippen LogP contribution in [0.1, 0.15) is 59.6 Å². The van der Waals surface area contributed by atoms with Gasteiger partial charge in [0, 0.05) is 6.42 Å². The summed E-state index contributed by atoms with van der Waals surface area (Å²) < 4.78 is 16.0. The number of nitrogens with zero attached hydrogens (tertiary/aromatic N) is 1. The van der Waals surface area contributed by atoms with Crippen molar-refractivity contribution in [2.75, 3.05) is 0 Å². The molecule has 0 radical (unpaired) electrons. The van der Waals surface area contributed by atoms with E-state index in [1.54, 1.807) is 41.5 Å². The SMILES string of the molecule is CC(C)(C)OC(=O)NN(C(=O)OC(C)(C)C)[C@@H]1C[C@H](c2ccccc2)OC1=O. The summed E-state index contributed by atoms with van der Waals surface area (Å²) in [4.78, 5) is 37.4. The molecule has 2 rings (SSSR count). The molecule has 0 aliphatic carbocycles. The Labute approximate surface area is 165 Å². The van der Waals surface area contributed by atoms with E-state index >= 15 is 0 Å². The van der Waals surface area contributed by atoms with E-state index in [1.165, 1.54) is 0 Å². The van der Waals surface area contributed by atoms with Crippen LogP contribution in [-0.2, 0) is 19.0 Å². The minimum absolute atomic E-state index is 0.178. The van der Waals surface area contributed by atoms with Crippen molar-refractivity contribution in [1.29, 1.82) is 0 Å². The van der Waals surface area contributed by atoms with Crippen LogP contribution in [0.25, 0.3) is 0 Å². The van der Waals surface area contributed by atoms with E-state index in [4.69, 9.17) is 14.2 Å². The van der Waals surface area contributed by atoms with Gasteiger partial charge in [0.05, 0.1) is 0 Å². The molecule has 1 aliphatic rings. The summed E-state index contributed by atoms with van der Waals surface area (Å²) in [5.41, 5.74) is 1.56. The van der Waals surface area contributed by atoms with E-state index in [-0.39, 0.29) is 6.42 Å². The van der Waals surface area contributed by atoms with Gasteiger partial charge in [-0.25, -0.2) is 24.8 Å². The van der Waals surface area contributed by atoms with Crippen LogP contribution in [0.4, 0.5) is 9.59 Å². The zero-order chi connectivity index (χ0) is 21.1. The largest absolute Gasteiger partial charge is 0.456 e. The lowest BCUT2D eigenvalue weighted by Gasteiger charge is -2.30. The summed E-state index contributed by atoms with van der Waals surface area (Å²) in [5.74, 6) is -0.629. The minimum Gasteiger partial charge on any atom is -0.456 e. The van der Waals surface area contributed by atoms with Gasteiger partial charge in [-0.15, -0.1) is 0 Å². The molecule has 1 aromatic carbocycles. The molecular formula is C20H28N2O6. The van der Waals surface area contributed by atoms with Crippen LogP contribution in [0.5, 0.6) is 0 Å². The van der Waals surface area contributed by atoms with Crippen LogP contribution >= 0.6 is 0 Å². The Morgan fingerprint density at radius 2 is 1.61 bits per heavy atom. The molecule has 28 heavy (non-hydrogen) atoms. The first-order valence-electron chi connectivity index (χ1n) is 9.13. The van der Waals surface area contributed by atoms with Gasteiger partial charge in [-0.3, -0.25) is 0 Å². The van der Waals surface area contributed by atoms with Crippen molar-refractivity contribution in [3.8, 4) is 0 Å². The number of carbonyl (C=O) groups excluding carboxylic acids is 3. The van der Waals surface area contributed by atoms with E-state index in [0.717, 1.165) is 10.6 Å².